The summed E-state index contributed by atoms with van der Waals surface area (Å²) in [6.45, 7) is 7.93. The van der Waals surface area contributed by atoms with Crippen LogP contribution in [0.25, 0.3) is 0 Å². The highest BCUT2D eigenvalue weighted by Gasteiger charge is 2.18. The molecule has 5 nitrogen and oxygen atoms in total. The molecule has 0 saturated carbocycles. The average molecular weight is 906 g/mol. The van der Waals surface area contributed by atoms with Crippen molar-refractivity contribution in [1.82, 2.24) is 0 Å². The van der Waals surface area contributed by atoms with Crippen LogP contribution >= 0.6 is 0 Å². The molecular formula is C59H116O5. The zero-order chi connectivity index (χ0) is 46.3. The highest BCUT2D eigenvalue weighted by Crippen LogP contribution is 2.18. The van der Waals surface area contributed by atoms with Gasteiger partial charge in [-0.3, -0.25) is 9.59 Å². The molecule has 0 aromatic carbocycles. The summed E-state index contributed by atoms with van der Waals surface area (Å²) in [6, 6.07) is 0. The second-order valence-corrected chi connectivity index (χ2v) is 20.3. The lowest BCUT2D eigenvalue weighted by atomic mass is 10.0. The van der Waals surface area contributed by atoms with E-state index in [1.807, 2.05) is 0 Å². The van der Waals surface area contributed by atoms with Crippen LogP contribution in [0.4, 0.5) is 0 Å². The van der Waals surface area contributed by atoms with Gasteiger partial charge in [0.25, 0.3) is 0 Å². The van der Waals surface area contributed by atoms with Gasteiger partial charge in [0, 0.05) is 19.4 Å². The maximum absolute atomic E-state index is 12.8. The fourth-order valence-electron chi connectivity index (χ4n) is 9.22. The van der Waals surface area contributed by atoms with Crippen LogP contribution in [0, 0.1) is 0 Å². The van der Waals surface area contributed by atoms with Crippen LogP contribution in [0.15, 0.2) is 0 Å². The summed E-state index contributed by atoms with van der Waals surface area (Å²) >= 11 is 0. The van der Waals surface area contributed by atoms with E-state index in [2.05, 4.69) is 20.8 Å². The number of carbonyl (C=O) groups excluding carboxylic acids is 2. The first-order valence-corrected chi connectivity index (χ1v) is 29.6. The van der Waals surface area contributed by atoms with Gasteiger partial charge >= 0.3 is 11.9 Å². The molecule has 0 fully saturated rings. The molecule has 0 rings (SSSR count). The molecule has 0 aliphatic heterocycles. The molecule has 0 radical (unpaired) electrons. The molecule has 0 heterocycles. The third-order valence-corrected chi connectivity index (χ3v) is 13.6. The van der Waals surface area contributed by atoms with Crippen LogP contribution in [0.2, 0.25) is 0 Å². The topological polar surface area (TPSA) is 61.8 Å². The van der Waals surface area contributed by atoms with Crippen LogP contribution in [-0.4, -0.2) is 37.9 Å². The van der Waals surface area contributed by atoms with Crippen molar-refractivity contribution in [3.63, 3.8) is 0 Å². The smallest absolute Gasteiger partial charge is 0.306 e. The van der Waals surface area contributed by atoms with Gasteiger partial charge in [-0.05, 0) is 19.3 Å². The van der Waals surface area contributed by atoms with Crippen molar-refractivity contribution in [2.75, 3.05) is 19.8 Å². The summed E-state index contributed by atoms with van der Waals surface area (Å²) < 4.78 is 17.5. The van der Waals surface area contributed by atoms with Crippen LogP contribution in [0.5, 0.6) is 0 Å². The summed E-state index contributed by atoms with van der Waals surface area (Å²) in [6.07, 6.45) is 64.1. The van der Waals surface area contributed by atoms with Gasteiger partial charge in [0.1, 0.15) is 6.61 Å². The SMILES string of the molecule is CCCCCCCCCCCCCCCCCCCCCCOCC(COC(=O)CCCCCCCCCCCCCCCCC)OC(=O)CCCCCCCCCCCCCCC. The third kappa shape index (κ3) is 53.5. The molecule has 0 bridgehead atoms. The normalized spacial score (nSPS) is 12.0. The van der Waals surface area contributed by atoms with E-state index in [9.17, 15) is 9.59 Å². The first-order valence-electron chi connectivity index (χ1n) is 29.6. The highest BCUT2D eigenvalue weighted by atomic mass is 16.6. The zero-order valence-corrected chi connectivity index (χ0v) is 44.1. The van der Waals surface area contributed by atoms with Gasteiger partial charge in [0.05, 0.1) is 6.61 Å². The first-order chi connectivity index (χ1) is 31.6. The molecule has 0 aliphatic carbocycles. The van der Waals surface area contributed by atoms with Crippen LogP contribution < -0.4 is 0 Å². The van der Waals surface area contributed by atoms with Gasteiger partial charge in [-0.1, -0.05) is 310 Å². The van der Waals surface area contributed by atoms with Crippen molar-refractivity contribution in [3.8, 4) is 0 Å². The number of unbranched alkanes of at least 4 members (excludes halogenated alkanes) is 45. The molecule has 0 aromatic rings. The Morgan fingerprint density at radius 1 is 0.281 bits per heavy atom. The lowest BCUT2D eigenvalue weighted by Gasteiger charge is -2.18. The Kier molecular flexibility index (Phi) is 55.3. The molecule has 0 amide bonds. The molecule has 1 unspecified atom stereocenters. The molecule has 0 aliphatic rings. The Hall–Kier alpha value is -1.10. The fourth-order valence-corrected chi connectivity index (χ4v) is 9.22. The van der Waals surface area contributed by atoms with Gasteiger partial charge in [-0.25, -0.2) is 0 Å². The van der Waals surface area contributed by atoms with E-state index in [0.29, 0.717) is 26.1 Å². The molecule has 0 spiro atoms. The zero-order valence-electron chi connectivity index (χ0n) is 44.1. The van der Waals surface area contributed by atoms with Gasteiger partial charge < -0.3 is 14.2 Å². The van der Waals surface area contributed by atoms with Gasteiger partial charge in [-0.2, -0.15) is 0 Å². The van der Waals surface area contributed by atoms with Gasteiger partial charge in [0.15, 0.2) is 6.10 Å². The molecule has 0 aromatic heterocycles. The second kappa shape index (κ2) is 56.2. The summed E-state index contributed by atoms with van der Waals surface area (Å²) in [4.78, 5) is 25.5. The Bertz CT molecular complexity index is 891. The van der Waals surface area contributed by atoms with E-state index in [0.717, 1.165) is 32.1 Å². The summed E-state index contributed by atoms with van der Waals surface area (Å²) in [5.41, 5.74) is 0. The summed E-state index contributed by atoms with van der Waals surface area (Å²) in [5, 5.41) is 0. The van der Waals surface area contributed by atoms with Crippen molar-refractivity contribution in [2.45, 2.75) is 348 Å². The number of hydrogen-bond donors (Lipinski definition) is 0. The quantitative estimate of drug-likeness (QED) is 0.0449. The number of carbonyl (C=O) groups is 2. The van der Waals surface area contributed by atoms with Crippen molar-refractivity contribution in [3.05, 3.63) is 0 Å². The van der Waals surface area contributed by atoms with Crippen LogP contribution in [0.1, 0.15) is 342 Å². The van der Waals surface area contributed by atoms with Crippen molar-refractivity contribution >= 4 is 11.9 Å². The fraction of sp³-hybridized carbons (Fsp3) is 0.966. The summed E-state index contributed by atoms with van der Waals surface area (Å²) in [5.74, 6) is -0.366. The van der Waals surface area contributed by atoms with Crippen molar-refractivity contribution in [1.29, 1.82) is 0 Å². The van der Waals surface area contributed by atoms with Crippen molar-refractivity contribution in [2.24, 2.45) is 0 Å². The predicted molar refractivity (Wildman–Crippen MR) is 280 cm³/mol. The molecule has 0 saturated heterocycles. The lowest BCUT2D eigenvalue weighted by molar-refractivity contribution is -0.163. The molecule has 64 heavy (non-hydrogen) atoms. The first kappa shape index (κ1) is 62.9. The van der Waals surface area contributed by atoms with Crippen molar-refractivity contribution < 1.29 is 23.8 Å². The number of esters is 2. The predicted octanol–water partition coefficient (Wildman–Crippen LogP) is 20.0. The van der Waals surface area contributed by atoms with E-state index >= 15 is 0 Å². The number of hydrogen-bond acceptors (Lipinski definition) is 5. The van der Waals surface area contributed by atoms with Crippen LogP contribution in [0.3, 0.4) is 0 Å². The monoisotopic (exact) mass is 905 g/mol. The minimum absolute atomic E-state index is 0.0984. The molecule has 5 heteroatoms. The lowest BCUT2D eigenvalue weighted by Crippen LogP contribution is -2.30. The summed E-state index contributed by atoms with van der Waals surface area (Å²) in [7, 11) is 0. The van der Waals surface area contributed by atoms with Gasteiger partial charge in [-0.15, -0.1) is 0 Å². The Balaban J connectivity index is 4.14. The molecule has 0 N–H and O–H groups in total. The third-order valence-electron chi connectivity index (χ3n) is 13.6. The minimum atomic E-state index is -0.524. The maximum Gasteiger partial charge on any atom is 0.306 e. The Morgan fingerprint density at radius 3 is 0.797 bits per heavy atom. The second-order valence-electron chi connectivity index (χ2n) is 20.3. The molecule has 382 valence electrons. The largest absolute Gasteiger partial charge is 0.462 e. The minimum Gasteiger partial charge on any atom is -0.462 e. The van der Waals surface area contributed by atoms with E-state index in [4.69, 9.17) is 14.2 Å². The highest BCUT2D eigenvalue weighted by molar-refractivity contribution is 5.70. The molecule has 1 atom stereocenters. The Labute approximate surface area is 402 Å². The van der Waals surface area contributed by atoms with E-state index in [-0.39, 0.29) is 18.5 Å². The van der Waals surface area contributed by atoms with Crippen LogP contribution in [-0.2, 0) is 23.8 Å². The molecular weight excluding hydrogens is 789 g/mol. The average Bonchev–Trinajstić information content (AvgIpc) is 3.30. The van der Waals surface area contributed by atoms with E-state index in [1.54, 1.807) is 0 Å². The van der Waals surface area contributed by atoms with E-state index < -0.39 is 6.10 Å². The number of rotatable bonds is 56. The maximum atomic E-state index is 12.8. The Morgan fingerprint density at radius 2 is 0.516 bits per heavy atom. The number of ether oxygens (including phenoxy) is 3. The standard InChI is InChI=1S/C59H116O5/c1-4-7-10-13-16-19-22-25-27-28-29-30-31-33-36-39-42-45-48-51-54-62-55-57(64-59(61)53-50-47-44-41-38-34-24-21-18-15-12-9-6-3)56-63-58(60)52-49-46-43-40-37-35-32-26-23-20-17-14-11-8-5-2/h57H,4-56H2,1-3H3. The van der Waals surface area contributed by atoms with E-state index in [1.165, 1.54) is 276 Å². The van der Waals surface area contributed by atoms with Gasteiger partial charge in [0.2, 0.25) is 0 Å².